The molecule has 1 atom stereocenters. The molecule has 1 fully saturated rings. The first kappa shape index (κ1) is 30.2. The lowest BCUT2D eigenvalue weighted by molar-refractivity contribution is -0.140. The lowest BCUT2D eigenvalue weighted by Crippen LogP contribution is -2.53. The Morgan fingerprint density at radius 3 is 2.22 bits per heavy atom. The summed E-state index contributed by atoms with van der Waals surface area (Å²) in [6, 6.07) is 18.2. The van der Waals surface area contributed by atoms with Crippen LogP contribution < -0.4 is 9.62 Å². The van der Waals surface area contributed by atoms with Crippen LogP contribution in [0.15, 0.2) is 77.7 Å². The van der Waals surface area contributed by atoms with Gasteiger partial charge in [-0.05, 0) is 86.2 Å². The number of benzene rings is 3. The summed E-state index contributed by atoms with van der Waals surface area (Å²) in [6.45, 7) is 5.16. The van der Waals surface area contributed by atoms with Gasteiger partial charge in [-0.15, -0.1) is 0 Å². The van der Waals surface area contributed by atoms with Crippen molar-refractivity contribution < 1.29 is 22.4 Å². The first-order chi connectivity index (χ1) is 19.6. The molecule has 7 nitrogen and oxygen atoms in total. The normalized spacial score (nSPS) is 14.4. The highest BCUT2D eigenvalue weighted by Gasteiger charge is 2.34. The van der Waals surface area contributed by atoms with Crippen LogP contribution >= 0.6 is 0 Å². The predicted octanol–water partition coefficient (Wildman–Crippen LogP) is 5.50. The Kier molecular flexibility index (Phi) is 9.81. The first-order valence-electron chi connectivity index (χ1n) is 14.1. The smallest absolute Gasteiger partial charge is 0.264 e. The number of sulfonamides is 1. The van der Waals surface area contributed by atoms with Crippen LogP contribution in [-0.2, 0) is 26.2 Å². The summed E-state index contributed by atoms with van der Waals surface area (Å²) in [5.41, 5.74) is 2.87. The number of anilines is 1. The van der Waals surface area contributed by atoms with E-state index in [-0.39, 0.29) is 23.4 Å². The van der Waals surface area contributed by atoms with Crippen LogP contribution in [0.4, 0.5) is 10.1 Å². The maximum atomic E-state index is 14.1. The Labute approximate surface area is 242 Å². The topological polar surface area (TPSA) is 86.8 Å². The first-order valence-corrected chi connectivity index (χ1v) is 15.5. The number of amides is 2. The molecule has 1 saturated carbocycles. The fourth-order valence-corrected chi connectivity index (χ4v) is 6.63. The summed E-state index contributed by atoms with van der Waals surface area (Å²) in [7, 11) is -4.13. The number of carbonyl (C=O) groups excluding carboxylic acids is 2. The van der Waals surface area contributed by atoms with Crippen molar-refractivity contribution in [2.24, 2.45) is 0 Å². The van der Waals surface area contributed by atoms with Crippen molar-refractivity contribution in [2.75, 3.05) is 10.8 Å². The zero-order valence-electron chi connectivity index (χ0n) is 23.8. The third kappa shape index (κ3) is 7.33. The minimum Gasteiger partial charge on any atom is -0.352 e. The fraction of sp³-hybridized carbons (Fsp3) is 0.375. The molecule has 1 N–H and O–H groups in total. The molecule has 0 aromatic heterocycles. The van der Waals surface area contributed by atoms with Crippen molar-refractivity contribution in [1.82, 2.24) is 10.2 Å². The monoisotopic (exact) mass is 579 g/mol. The van der Waals surface area contributed by atoms with E-state index in [9.17, 15) is 22.4 Å². The molecule has 0 spiro atoms. The van der Waals surface area contributed by atoms with Gasteiger partial charge in [-0.2, -0.15) is 0 Å². The lowest BCUT2D eigenvalue weighted by Gasteiger charge is -2.34. The van der Waals surface area contributed by atoms with Gasteiger partial charge >= 0.3 is 0 Å². The van der Waals surface area contributed by atoms with Gasteiger partial charge in [0.05, 0.1) is 10.6 Å². The van der Waals surface area contributed by atoms with Crippen molar-refractivity contribution in [2.45, 2.75) is 76.4 Å². The van der Waals surface area contributed by atoms with Crippen LogP contribution in [0.5, 0.6) is 0 Å². The molecule has 2 amide bonds. The van der Waals surface area contributed by atoms with Crippen LogP contribution in [0, 0.1) is 19.7 Å². The Morgan fingerprint density at radius 2 is 1.61 bits per heavy atom. The van der Waals surface area contributed by atoms with Gasteiger partial charge in [0, 0.05) is 12.6 Å². The standard InChI is InChI=1S/C32H38FN3O4S/c1-4-30(32(38)34-27-10-8-9-11-27)35(21-25-15-17-26(33)18-16-25)31(37)22-36(28-19-14-23(2)24(3)20-28)41(39,40)29-12-6-5-7-13-29/h5-7,12-20,27,30H,4,8-11,21-22H2,1-3H3,(H,34,38). The zero-order valence-corrected chi connectivity index (χ0v) is 24.7. The molecule has 0 radical (unpaired) electrons. The lowest BCUT2D eigenvalue weighted by atomic mass is 10.1. The van der Waals surface area contributed by atoms with E-state index in [4.69, 9.17) is 0 Å². The predicted molar refractivity (Wildman–Crippen MR) is 158 cm³/mol. The SMILES string of the molecule is CCC(C(=O)NC1CCCC1)N(Cc1ccc(F)cc1)C(=O)CN(c1ccc(C)c(C)c1)S(=O)(=O)c1ccccc1. The van der Waals surface area contributed by atoms with E-state index in [1.807, 2.05) is 26.8 Å². The van der Waals surface area contributed by atoms with Gasteiger partial charge in [0.25, 0.3) is 10.0 Å². The average molecular weight is 580 g/mol. The average Bonchev–Trinajstić information content (AvgIpc) is 3.47. The highest BCUT2D eigenvalue weighted by molar-refractivity contribution is 7.92. The number of nitrogens with zero attached hydrogens (tertiary/aromatic N) is 2. The second-order valence-corrected chi connectivity index (χ2v) is 12.5. The van der Waals surface area contributed by atoms with E-state index in [0.717, 1.165) is 41.1 Å². The summed E-state index contributed by atoms with van der Waals surface area (Å²) >= 11 is 0. The van der Waals surface area contributed by atoms with Crippen LogP contribution in [0.2, 0.25) is 0 Å². The Hall–Kier alpha value is -3.72. The van der Waals surface area contributed by atoms with E-state index in [1.165, 1.54) is 29.2 Å². The van der Waals surface area contributed by atoms with E-state index >= 15 is 0 Å². The van der Waals surface area contributed by atoms with Crippen molar-refractivity contribution in [1.29, 1.82) is 0 Å². The number of aryl methyl sites for hydroxylation is 2. The van der Waals surface area contributed by atoms with Crippen molar-refractivity contribution in [3.05, 3.63) is 95.3 Å². The summed E-state index contributed by atoms with van der Waals surface area (Å²) in [5.74, 6) is -1.20. The second kappa shape index (κ2) is 13.3. The zero-order chi connectivity index (χ0) is 29.6. The summed E-state index contributed by atoms with van der Waals surface area (Å²) < 4.78 is 42.6. The molecule has 1 aliphatic rings. The van der Waals surface area contributed by atoms with Crippen molar-refractivity contribution >= 4 is 27.5 Å². The molecule has 3 aromatic carbocycles. The molecule has 41 heavy (non-hydrogen) atoms. The van der Waals surface area contributed by atoms with Gasteiger partial charge in [-0.1, -0.05) is 56.2 Å². The number of rotatable bonds is 11. The Balaban J connectivity index is 1.72. The largest absolute Gasteiger partial charge is 0.352 e. The molecule has 0 aliphatic heterocycles. The third-order valence-corrected chi connectivity index (χ3v) is 9.53. The van der Waals surface area contributed by atoms with Gasteiger partial charge in [-0.3, -0.25) is 13.9 Å². The van der Waals surface area contributed by atoms with Crippen LogP contribution in [-0.4, -0.2) is 43.8 Å². The van der Waals surface area contributed by atoms with Crippen LogP contribution in [0.1, 0.15) is 55.7 Å². The number of hydrogen-bond donors (Lipinski definition) is 1. The molecular weight excluding hydrogens is 541 g/mol. The molecule has 4 rings (SSSR count). The number of carbonyl (C=O) groups is 2. The summed E-state index contributed by atoms with van der Waals surface area (Å²) in [5, 5.41) is 3.09. The van der Waals surface area contributed by atoms with E-state index in [0.29, 0.717) is 17.7 Å². The van der Waals surface area contributed by atoms with Crippen molar-refractivity contribution in [3.63, 3.8) is 0 Å². The molecule has 0 heterocycles. The molecular formula is C32H38FN3O4S. The Morgan fingerprint density at radius 1 is 0.951 bits per heavy atom. The Bertz CT molecular complexity index is 1460. The van der Waals surface area contributed by atoms with Gasteiger partial charge < -0.3 is 10.2 Å². The third-order valence-electron chi connectivity index (χ3n) is 7.74. The van der Waals surface area contributed by atoms with Gasteiger partial charge in [-0.25, -0.2) is 12.8 Å². The fourth-order valence-electron chi connectivity index (χ4n) is 5.20. The maximum Gasteiger partial charge on any atom is 0.264 e. The quantitative estimate of drug-likeness (QED) is 0.325. The second-order valence-electron chi connectivity index (χ2n) is 10.7. The van der Waals surface area contributed by atoms with Gasteiger partial charge in [0.2, 0.25) is 11.8 Å². The molecule has 1 aliphatic carbocycles. The molecule has 218 valence electrons. The van der Waals surface area contributed by atoms with E-state index in [1.54, 1.807) is 42.5 Å². The van der Waals surface area contributed by atoms with Crippen LogP contribution in [0.25, 0.3) is 0 Å². The molecule has 0 bridgehead atoms. The molecule has 0 saturated heterocycles. The maximum absolute atomic E-state index is 14.1. The van der Waals surface area contributed by atoms with E-state index in [2.05, 4.69) is 5.32 Å². The minimum absolute atomic E-state index is 0.0296. The number of hydrogen-bond acceptors (Lipinski definition) is 4. The van der Waals surface area contributed by atoms with Gasteiger partial charge in [0.15, 0.2) is 0 Å². The highest BCUT2D eigenvalue weighted by Crippen LogP contribution is 2.27. The highest BCUT2D eigenvalue weighted by atomic mass is 32.2. The molecule has 1 unspecified atom stereocenters. The van der Waals surface area contributed by atoms with Crippen molar-refractivity contribution in [3.8, 4) is 0 Å². The number of nitrogens with one attached hydrogen (secondary N) is 1. The van der Waals surface area contributed by atoms with E-state index < -0.39 is 34.3 Å². The molecule has 9 heteroatoms. The summed E-state index contributed by atoms with van der Waals surface area (Å²) in [6.07, 6.45) is 4.21. The molecule has 3 aromatic rings. The summed E-state index contributed by atoms with van der Waals surface area (Å²) in [4.78, 5) is 29.1. The number of halogens is 1. The minimum atomic E-state index is -4.13. The van der Waals surface area contributed by atoms with Crippen LogP contribution in [0.3, 0.4) is 0 Å². The van der Waals surface area contributed by atoms with Gasteiger partial charge in [0.1, 0.15) is 18.4 Å².